The minimum atomic E-state index is -0.0658. The Kier molecular flexibility index (Phi) is 5.50. The highest BCUT2D eigenvalue weighted by molar-refractivity contribution is 7.99. The van der Waals surface area contributed by atoms with E-state index in [0.29, 0.717) is 17.7 Å². The van der Waals surface area contributed by atoms with Gasteiger partial charge in [0.1, 0.15) is 0 Å². The van der Waals surface area contributed by atoms with Crippen LogP contribution in [0.25, 0.3) is 11.5 Å². The van der Waals surface area contributed by atoms with E-state index in [1.165, 1.54) is 11.8 Å². The molecule has 0 atom stereocenters. The monoisotopic (exact) mass is 353 g/mol. The number of carbonyl (C=O) groups is 1. The Bertz CT molecular complexity index is 876. The van der Waals surface area contributed by atoms with Crippen molar-refractivity contribution in [1.29, 1.82) is 0 Å². The van der Waals surface area contributed by atoms with Crippen LogP contribution in [0.1, 0.15) is 16.7 Å². The summed E-state index contributed by atoms with van der Waals surface area (Å²) < 4.78 is 5.64. The first kappa shape index (κ1) is 17.2. The summed E-state index contributed by atoms with van der Waals surface area (Å²) in [5.41, 5.74) is 4.25. The first-order valence-electron chi connectivity index (χ1n) is 7.97. The summed E-state index contributed by atoms with van der Waals surface area (Å²) in [5.74, 6) is 0.645. The van der Waals surface area contributed by atoms with Gasteiger partial charge in [0.05, 0.1) is 5.75 Å². The fourth-order valence-corrected chi connectivity index (χ4v) is 2.96. The van der Waals surface area contributed by atoms with Crippen LogP contribution in [0.2, 0.25) is 0 Å². The Morgan fingerprint density at radius 3 is 2.52 bits per heavy atom. The van der Waals surface area contributed by atoms with Crippen molar-refractivity contribution in [2.45, 2.75) is 25.6 Å². The van der Waals surface area contributed by atoms with E-state index in [0.717, 1.165) is 22.3 Å². The van der Waals surface area contributed by atoms with E-state index in [9.17, 15) is 4.79 Å². The molecule has 1 aromatic heterocycles. The lowest BCUT2D eigenvalue weighted by atomic mass is 10.1. The number of thioether (sulfide) groups is 1. The highest BCUT2D eigenvalue weighted by Gasteiger charge is 2.12. The zero-order valence-corrected chi connectivity index (χ0v) is 15.0. The second-order valence-corrected chi connectivity index (χ2v) is 6.61. The number of amides is 1. The molecule has 0 saturated heterocycles. The lowest BCUT2D eigenvalue weighted by Crippen LogP contribution is -2.24. The zero-order valence-electron chi connectivity index (χ0n) is 14.2. The van der Waals surface area contributed by atoms with Crippen molar-refractivity contribution in [3.05, 3.63) is 65.2 Å². The molecule has 25 heavy (non-hydrogen) atoms. The molecular formula is C19H19N3O2S. The summed E-state index contributed by atoms with van der Waals surface area (Å²) in [5, 5.41) is 11.4. The van der Waals surface area contributed by atoms with Gasteiger partial charge in [-0.3, -0.25) is 4.79 Å². The van der Waals surface area contributed by atoms with Crippen molar-refractivity contribution in [3.63, 3.8) is 0 Å². The molecule has 0 saturated carbocycles. The lowest BCUT2D eigenvalue weighted by Gasteiger charge is -2.06. The smallest absolute Gasteiger partial charge is 0.277 e. The fraction of sp³-hybridized carbons (Fsp3) is 0.211. The summed E-state index contributed by atoms with van der Waals surface area (Å²) in [7, 11) is 0. The maximum Gasteiger partial charge on any atom is 0.277 e. The van der Waals surface area contributed by atoms with Crippen LogP contribution in [0.4, 0.5) is 0 Å². The van der Waals surface area contributed by atoms with Crippen LogP contribution in [0.3, 0.4) is 0 Å². The summed E-state index contributed by atoms with van der Waals surface area (Å²) in [4.78, 5) is 12.0. The average Bonchev–Trinajstić information content (AvgIpc) is 3.08. The van der Waals surface area contributed by atoms with Gasteiger partial charge in [-0.1, -0.05) is 54.2 Å². The van der Waals surface area contributed by atoms with Crippen molar-refractivity contribution >= 4 is 17.7 Å². The number of rotatable bonds is 6. The SMILES string of the molecule is Cc1ccccc1CNC(=O)CSc1nnc(-c2ccccc2C)o1. The number of hydrogen-bond donors (Lipinski definition) is 1. The van der Waals surface area contributed by atoms with Crippen LogP contribution in [0.15, 0.2) is 58.2 Å². The van der Waals surface area contributed by atoms with Gasteiger partial charge in [-0.25, -0.2) is 0 Å². The van der Waals surface area contributed by atoms with E-state index in [1.54, 1.807) is 0 Å². The van der Waals surface area contributed by atoms with Gasteiger partial charge in [0, 0.05) is 12.1 Å². The van der Waals surface area contributed by atoms with Crippen LogP contribution in [-0.4, -0.2) is 21.9 Å². The molecule has 1 heterocycles. The van der Waals surface area contributed by atoms with Gasteiger partial charge in [-0.05, 0) is 36.6 Å². The van der Waals surface area contributed by atoms with Crippen molar-refractivity contribution in [3.8, 4) is 11.5 Å². The fourth-order valence-electron chi connectivity index (χ4n) is 2.37. The molecule has 1 amide bonds. The average molecular weight is 353 g/mol. The minimum absolute atomic E-state index is 0.0658. The molecule has 2 aromatic carbocycles. The van der Waals surface area contributed by atoms with E-state index < -0.39 is 0 Å². The number of hydrogen-bond acceptors (Lipinski definition) is 5. The minimum Gasteiger partial charge on any atom is -0.411 e. The molecule has 3 rings (SSSR count). The molecule has 0 bridgehead atoms. The molecule has 0 aliphatic rings. The highest BCUT2D eigenvalue weighted by Crippen LogP contribution is 2.25. The van der Waals surface area contributed by atoms with Crippen molar-refractivity contribution < 1.29 is 9.21 Å². The third-order valence-electron chi connectivity index (χ3n) is 3.85. The molecule has 128 valence electrons. The first-order chi connectivity index (χ1) is 12.1. The first-order valence-corrected chi connectivity index (χ1v) is 8.95. The second kappa shape index (κ2) is 7.98. The lowest BCUT2D eigenvalue weighted by molar-refractivity contribution is -0.118. The van der Waals surface area contributed by atoms with E-state index in [-0.39, 0.29) is 11.7 Å². The summed E-state index contributed by atoms with van der Waals surface area (Å²) in [6, 6.07) is 15.8. The normalized spacial score (nSPS) is 10.6. The van der Waals surface area contributed by atoms with E-state index >= 15 is 0 Å². The molecule has 1 N–H and O–H groups in total. The van der Waals surface area contributed by atoms with Gasteiger partial charge in [-0.15, -0.1) is 10.2 Å². The largest absolute Gasteiger partial charge is 0.411 e. The zero-order chi connectivity index (χ0) is 17.6. The van der Waals surface area contributed by atoms with Gasteiger partial charge < -0.3 is 9.73 Å². The Morgan fingerprint density at radius 2 is 1.76 bits per heavy atom. The van der Waals surface area contributed by atoms with Crippen molar-refractivity contribution in [1.82, 2.24) is 15.5 Å². The maximum absolute atomic E-state index is 12.0. The van der Waals surface area contributed by atoms with E-state index in [1.807, 2.05) is 62.4 Å². The molecule has 0 unspecified atom stereocenters. The molecule has 3 aromatic rings. The molecule has 0 spiro atoms. The Labute approximate surface area is 150 Å². The van der Waals surface area contributed by atoms with Gasteiger partial charge in [0.2, 0.25) is 11.8 Å². The highest BCUT2D eigenvalue weighted by atomic mass is 32.2. The number of carbonyl (C=O) groups excluding carboxylic acids is 1. The second-order valence-electron chi connectivity index (χ2n) is 5.68. The Hall–Kier alpha value is -2.60. The number of aromatic nitrogens is 2. The van der Waals surface area contributed by atoms with Crippen LogP contribution >= 0.6 is 11.8 Å². The van der Waals surface area contributed by atoms with Crippen LogP contribution in [0, 0.1) is 13.8 Å². The van der Waals surface area contributed by atoms with Crippen LogP contribution in [-0.2, 0) is 11.3 Å². The predicted octanol–water partition coefficient (Wildman–Crippen LogP) is 3.76. The number of nitrogens with one attached hydrogen (secondary N) is 1. The Balaban J connectivity index is 1.53. The van der Waals surface area contributed by atoms with Gasteiger partial charge in [0.25, 0.3) is 5.22 Å². The van der Waals surface area contributed by atoms with Crippen molar-refractivity contribution in [2.75, 3.05) is 5.75 Å². The van der Waals surface area contributed by atoms with Crippen LogP contribution in [0.5, 0.6) is 0 Å². The molecule has 6 heteroatoms. The quantitative estimate of drug-likeness (QED) is 0.683. The summed E-state index contributed by atoms with van der Waals surface area (Å²) in [6.45, 7) is 4.54. The number of benzene rings is 2. The standard InChI is InChI=1S/C19H19N3O2S/c1-13-7-3-5-9-15(13)11-20-17(23)12-25-19-22-21-18(24-19)16-10-6-4-8-14(16)2/h3-10H,11-12H2,1-2H3,(H,20,23). The molecule has 0 aliphatic heterocycles. The predicted molar refractivity (Wildman–Crippen MR) is 98.2 cm³/mol. The molecule has 0 radical (unpaired) electrons. The van der Waals surface area contributed by atoms with E-state index in [2.05, 4.69) is 15.5 Å². The number of aryl methyl sites for hydroxylation is 2. The molecule has 0 fully saturated rings. The molecule has 0 aliphatic carbocycles. The van der Waals surface area contributed by atoms with Gasteiger partial charge in [0.15, 0.2) is 0 Å². The summed E-state index contributed by atoms with van der Waals surface area (Å²) in [6.07, 6.45) is 0. The van der Waals surface area contributed by atoms with Gasteiger partial charge in [-0.2, -0.15) is 0 Å². The molecule has 5 nitrogen and oxygen atoms in total. The number of nitrogens with zero attached hydrogens (tertiary/aromatic N) is 2. The summed E-state index contributed by atoms with van der Waals surface area (Å²) >= 11 is 1.24. The topological polar surface area (TPSA) is 68.0 Å². The van der Waals surface area contributed by atoms with Gasteiger partial charge >= 0.3 is 0 Å². The Morgan fingerprint density at radius 1 is 1.04 bits per heavy atom. The maximum atomic E-state index is 12.0. The third kappa shape index (κ3) is 4.48. The van der Waals surface area contributed by atoms with E-state index in [4.69, 9.17) is 4.42 Å². The van der Waals surface area contributed by atoms with Crippen LogP contribution < -0.4 is 5.32 Å². The molecular weight excluding hydrogens is 334 g/mol. The van der Waals surface area contributed by atoms with Crippen molar-refractivity contribution in [2.24, 2.45) is 0 Å². The third-order valence-corrected chi connectivity index (χ3v) is 4.66.